The average Bonchev–Trinajstić information content (AvgIpc) is 2.61. The third-order valence-electron chi connectivity index (χ3n) is 4.11. The molecule has 0 atom stereocenters. The van der Waals surface area contributed by atoms with Gasteiger partial charge in [-0.15, -0.1) is 0 Å². The first-order valence-corrected chi connectivity index (χ1v) is 8.21. The van der Waals surface area contributed by atoms with Gasteiger partial charge in [-0.25, -0.2) is 0 Å². The van der Waals surface area contributed by atoms with E-state index in [-0.39, 0.29) is 11.8 Å². The Morgan fingerprint density at radius 1 is 1.16 bits per heavy atom. The molecule has 130 valence electrons. The molecule has 6 heteroatoms. The fraction of sp³-hybridized carbons (Fsp3) is 0.263. The van der Waals surface area contributed by atoms with Gasteiger partial charge in [-0.3, -0.25) is 9.59 Å². The lowest BCUT2D eigenvalue weighted by Gasteiger charge is -2.21. The molecule has 0 radical (unpaired) electrons. The number of carbonyl (C=O) groups is 2. The van der Waals surface area contributed by atoms with Crippen molar-refractivity contribution >= 4 is 28.9 Å². The Morgan fingerprint density at radius 2 is 2.00 bits per heavy atom. The number of fused-ring (bicyclic) bond motifs is 1. The minimum atomic E-state index is -0.196. The van der Waals surface area contributed by atoms with Crippen LogP contribution in [-0.2, 0) is 11.2 Å². The number of rotatable bonds is 4. The van der Waals surface area contributed by atoms with Crippen LogP contribution in [0.5, 0.6) is 5.75 Å². The Kier molecular flexibility index (Phi) is 4.88. The van der Waals surface area contributed by atoms with Crippen LogP contribution in [-0.4, -0.2) is 25.5 Å². The quantitative estimate of drug-likeness (QED) is 0.799. The van der Waals surface area contributed by atoms with Gasteiger partial charge in [0.2, 0.25) is 5.91 Å². The summed E-state index contributed by atoms with van der Waals surface area (Å²) in [5.41, 5.74) is 3.80. The molecule has 0 aliphatic carbocycles. The van der Waals surface area contributed by atoms with Crippen LogP contribution < -0.4 is 20.7 Å². The normalized spacial score (nSPS) is 12.6. The number of amides is 2. The van der Waals surface area contributed by atoms with Gasteiger partial charge in [0.25, 0.3) is 5.91 Å². The van der Waals surface area contributed by atoms with E-state index >= 15 is 0 Å². The summed E-state index contributed by atoms with van der Waals surface area (Å²) in [6, 6.07) is 10.8. The largest absolute Gasteiger partial charge is 0.495 e. The van der Waals surface area contributed by atoms with Crippen LogP contribution in [0.15, 0.2) is 36.4 Å². The maximum absolute atomic E-state index is 12.8. The van der Waals surface area contributed by atoms with E-state index in [9.17, 15) is 9.59 Å². The first-order chi connectivity index (χ1) is 12.1. The molecule has 6 nitrogen and oxygen atoms in total. The zero-order chi connectivity index (χ0) is 17.8. The second-order valence-corrected chi connectivity index (χ2v) is 5.91. The van der Waals surface area contributed by atoms with E-state index < -0.39 is 0 Å². The zero-order valence-corrected chi connectivity index (χ0v) is 14.3. The molecule has 1 aliphatic heterocycles. The van der Waals surface area contributed by atoms with Crippen molar-refractivity contribution in [3.05, 3.63) is 47.5 Å². The summed E-state index contributed by atoms with van der Waals surface area (Å²) in [5.74, 6) is 0.162. The van der Waals surface area contributed by atoms with Crippen LogP contribution in [0.25, 0.3) is 0 Å². The molecule has 0 saturated heterocycles. The van der Waals surface area contributed by atoms with Gasteiger partial charge >= 0.3 is 0 Å². The SMILES string of the molecule is COc1ccc(NC(C)=O)cc1NC(=O)c1cccc2c1CCCN2. The third-order valence-corrected chi connectivity index (χ3v) is 4.11. The molecule has 2 aromatic rings. The maximum Gasteiger partial charge on any atom is 0.256 e. The van der Waals surface area contributed by atoms with Gasteiger partial charge in [-0.2, -0.15) is 0 Å². The van der Waals surface area contributed by atoms with Gasteiger partial charge in [0.05, 0.1) is 12.8 Å². The van der Waals surface area contributed by atoms with Crippen molar-refractivity contribution in [3.63, 3.8) is 0 Å². The van der Waals surface area contributed by atoms with Crippen LogP contribution in [0, 0.1) is 0 Å². The van der Waals surface area contributed by atoms with Crippen molar-refractivity contribution in [2.24, 2.45) is 0 Å². The maximum atomic E-state index is 12.8. The fourth-order valence-corrected chi connectivity index (χ4v) is 3.00. The number of nitrogens with one attached hydrogen (secondary N) is 3. The van der Waals surface area contributed by atoms with Crippen molar-refractivity contribution in [1.29, 1.82) is 0 Å². The van der Waals surface area contributed by atoms with E-state index in [1.807, 2.05) is 18.2 Å². The fourth-order valence-electron chi connectivity index (χ4n) is 3.00. The summed E-state index contributed by atoms with van der Waals surface area (Å²) in [5, 5.41) is 8.92. The van der Waals surface area contributed by atoms with Gasteiger partial charge in [0.1, 0.15) is 5.75 Å². The first-order valence-electron chi connectivity index (χ1n) is 8.21. The molecule has 25 heavy (non-hydrogen) atoms. The lowest BCUT2D eigenvalue weighted by atomic mass is 9.97. The summed E-state index contributed by atoms with van der Waals surface area (Å²) in [7, 11) is 1.54. The minimum absolute atomic E-state index is 0.175. The van der Waals surface area contributed by atoms with Crippen LogP contribution in [0.4, 0.5) is 17.1 Å². The molecule has 1 heterocycles. The predicted octanol–water partition coefficient (Wildman–Crippen LogP) is 3.26. The zero-order valence-electron chi connectivity index (χ0n) is 14.3. The van der Waals surface area contributed by atoms with Crippen molar-refractivity contribution < 1.29 is 14.3 Å². The van der Waals surface area contributed by atoms with Crippen LogP contribution in [0.3, 0.4) is 0 Å². The Bertz CT molecular complexity index is 818. The molecule has 0 spiro atoms. The van der Waals surface area contributed by atoms with Gasteiger partial charge in [-0.1, -0.05) is 6.07 Å². The van der Waals surface area contributed by atoms with E-state index in [1.54, 1.807) is 18.2 Å². The summed E-state index contributed by atoms with van der Waals surface area (Å²) in [6.07, 6.45) is 1.87. The molecule has 0 saturated carbocycles. The molecular weight excluding hydrogens is 318 g/mol. The smallest absolute Gasteiger partial charge is 0.256 e. The van der Waals surface area contributed by atoms with E-state index in [4.69, 9.17) is 4.74 Å². The average molecular weight is 339 g/mol. The summed E-state index contributed by atoms with van der Waals surface area (Å²) >= 11 is 0. The molecule has 1 aliphatic rings. The number of hydrogen-bond donors (Lipinski definition) is 3. The molecule has 0 aromatic heterocycles. The highest BCUT2D eigenvalue weighted by Crippen LogP contribution is 2.30. The van der Waals surface area contributed by atoms with Crippen LogP contribution in [0.1, 0.15) is 29.3 Å². The van der Waals surface area contributed by atoms with Crippen molar-refractivity contribution in [2.75, 3.05) is 29.6 Å². The highest BCUT2D eigenvalue weighted by molar-refractivity contribution is 6.07. The number of hydrogen-bond acceptors (Lipinski definition) is 4. The second-order valence-electron chi connectivity index (χ2n) is 5.91. The minimum Gasteiger partial charge on any atom is -0.495 e. The molecule has 0 bridgehead atoms. The highest BCUT2D eigenvalue weighted by Gasteiger charge is 2.18. The topological polar surface area (TPSA) is 79.5 Å². The molecular formula is C19H21N3O3. The number of anilines is 3. The summed E-state index contributed by atoms with van der Waals surface area (Å²) in [4.78, 5) is 24.1. The molecule has 2 aromatic carbocycles. The molecule has 0 fully saturated rings. The Morgan fingerprint density at radius 3 is 2.76 bits per heavy atom. The van der Waals surface area contributed by atoms with Crippen LogP contribution in [0.2, 0.25) is 0 Å². The number of carbonyl (C=O) groups excluding carboxylic acids is 2. The standard InChI is InChI=1S/C19H21N3O3/c1-12(23)21-13-8-9-18(25-2)17(11-13)22-19(24)15-5-3-7-16-14(15)6-4-10-20-16/h3,5,7-9,11,20H,4,6,10H2,1-2H3,(H,21,23)(H,22,24). The number of methoxy groups -OCH3 is 1. The van der Waals surface area contributed by atoms with E-state index in [0.29, 0.717) is 22.7 Å². The monoisotopic (exact) mass is 339 g/mol. The summed E-state index contributed by atoms with van der Waals surface area (Å²) < 4.78 is 5.31. The Labute approximate surface area is 146 Å². The number of benzene rings is 2. The van der Waals surface area contributed by atoms with Gasteiger partial charge in [-0.05, 0) is 48.7 Å². The summed E-state index contributed by atoms with van der Waals surface area (Å²) in [6.45, 7) is 2.36. The molecule has 2 amide bonds. The molecule has 0 unspecified atom stereocenters. The first kappa shape index (κ1) is 16.8. The van der Waals surface area contributed by atoms with E-state index in [1.165, 1.54) is 14.0 Å². The highest BCUT2D eigenvalue weighted by atomic mass is 16.5. The molecule has 3 N–H and O–H groups in total. The lowest BCUT2D eigenvalue weighted by molar-refractivity contribution is -0.114. The van der Waals surface area contributed by atoms with Crippen LogP contribution >= 0.6 is 0 Å². The third kappa shape index (κ3) is 3.74. The Hall–Kier alpha value is -3.02. The number of ether oxygens (including phenoxy) is 1. The van der Waals surface area contributed by atoms with Crippen molar-refractivity contribution in [2.45, 2.75) is 19.8 Å². The Balaban J connectivity index is 1.89. The second kappa shape index (κ2) is 7.25. The van der Waals surface area contributed by atoms with Crippen molar-refractivity contribution in [1.82, 2.24) is 0 Å². The van der Waals surface area contributed by atoms with E-state index in [0.717, 1.165) is 30.6 Å². The van der Waals surface area contributed by atoms with Gasteiger partial charge in [0.15, 0.2) is 0 Å². The predicted molar refractivity (Wildman–Crippen MR) is 98.5 cm³/mol. The van der Waals surface area contributed by atoms with Gasteiger partial charge < -0.3 is 20.7 Å². The van der Waals surface area contributed by atoms with E-state index in [2.05, 4.69) is 16.0 Å². The lowest BCUT2D eigenvalue weighted by Crippen LogP contribution is -2.19. The van der Waals surface area contributed by atoms with Crippen molar-refractivity contribution in [3.8, 4) is 5.75 Å². The molecule has 3 rings (SSSR count). The van der Waals surface area contributed by atoms with Gasteiger partial charge in [0, 0.05) is 30.4 Å².